The Morgan fingerprint density at radius 1 is 1.23 bits per heavy atom. The number of halogens is 1. The summed E-state index contributed by atoms with van der Waals surface area (Å²) in [6.45, 7) is 7.25. The van der Waals surface area contributed by atoms with Gasteiger partial charge in [-0.3, -0.25) is 15.1 Å². The van der Waals surface area contributed by atoms with Crippen molar-refractivity contribution in [2.75, 3.05) is 11.9 Å². The number of carboxylic acid groups (broad SMARTS) is 1. The number of hydrogen-bond acceptors (Lipinski definition) is 6. The summed E-state index contributed by atoms with van der Waals surface area (Å²) >= 11 is 1.34. The fraction of sp³-hybridized carbons (Fsp3) is 0.519. The molecular weight excluding hydrogens is 553 g/mol. The molecule has 0 spiro atoms. The van der Waals surface area contributed by atoms with Crippen LogP contribution in [0.5, 0.6) is 0 Å². The first-order valence-corrected chi connectivity index (χ1v) is 14.2. The van der Waals surface area contributed by atoms with Crippen molar-refractivity contribution >= 4 is 54.5 Å². The van der Waals surface area contributed by atoms with Crippen LogP contribution in [-0.2, 0) is 9.31 Å². The minimum absolute atomic E-state index is 0. The third kappa shape index (κ3) is 5.81. The molecule has 1 aliphatic heterocycles. The van der Waals surface area contributed by atoms with E-state index >= 15 is 0 Å². The number of nitrogens with one attached hydrogen (secondary N) is 2. The van der Waals surface area contributed by atoms with Crippen LogP contribution in [0.2, 0.25) is 0 Å². The molecule has 10 nitrogen and oxygen atoms in total. The lowest BCUT2D eigenvalue weighted by molar-refractivity contribution is -0.199. The molecule has 1 saturated heterocycles. The molecule has 1 aromatic heterocycles. The minimum atomic E-state index is -1.13. The predicted molar refractivity (Wildman–Crippen MR) is 160 cm³/mol. The molecule has 2 bridgehead atoms. The Labute approximate surface area is 244 Å². The number of nitrogens with two attached hydrogens (primary N) is 2. The molecule has 7 N–H and O–H groups in total. The quantitative estimate of drug-likeness (QED) is 0.126. The molecule has 216 valence electrons. The van der Waals surface area contributed by atoms with Crippen LogP contribution in [0.4, 0.5) is 10.5 Å². The summed E-state index contributed by atoms with van der Waals surface area (Å²) in [7, 11) is -0.559. The first-order chi connectivity index (χ1) is 18.5. The molecule has 0 radical (unpaired) electrons. The number of hydrogen-bond donors (Lipinski definition) is 5. The normalized spacial score (nSPS) is 26.5. The van der Waals surface area contributed by atoms with Crippen LogP contribution in [0.25, 0.3) is 10.4 Å². The molecule has 40 heavy (non-hydrogen) atoms. The Kier molecular flexibility index (Phi) is 8.75. The highest BCUT2D eigenvalue weighted by atomic mass is 35.5. The number of anilines is 1. The second-order valence-corrected chi connectivity index (χ2v) is 12.6. The fourth-order valence-electron chi connectivity index (χ4n) is 6.60. The number of amides is 2. The van der Waals surface area contributed by atoms with Crippen LogP contribution in [0.1, 0.15) is 56.1 Å². The van der Waals surface area contributed by atoms with Crippen molar-refractivity contribution < 1.29 is 24.0 Å². The highest BCUT2D eigenvalue weighted by Gasteiger charge is 2.68. The molecule has 3 aliphatic carbocycles. The van der Waals surface area contributed by atoms with Gasteiger partial charge in [0.05, 0.1) is 22.5 Å². The SMILES string of the molecule is CC1(C)C2CC3OB(C(CCCN=C(N)N)NC(=O)c4ccc(-c5cccc(NC(=O)O)c5)s4)OC3(C)C1C2.Cl. The van der Waals surface area contributed by atoms with E-state index in [1.165, 1.54) is 11.3 Å². The summed E-state index contributed by atoms with van der Waals surface area (Å²) in [5.74, 6) is 0.505. The number of guanidine groups is 1. The smallest absolute Gasteiger partial charge is 0.465 e. The maximum absolute atomic E-state index is 13.4. The van der Waals surface area contributed by atoms with Crippen molar-refractivity contribution in [3.8, 4) is 10.4 Å². The summed E-state index contributed by atoms with van der Waals surface area (Å²) in [5, 5.41) is 14.5. The van der Waals surface area contributed by atoms with Crippen LogP contribution < -0.4 is 22.1 Å². The first-order valence-electron chi connectivity index (χ1n) is 13.4. The summed E-state index contributed by atoms with van der Waals surface area (Å²) < 4.78 is 13.1. The van der Waals surface area contributed by atoms with E-state index in [0.717, 1.165) is 23.3 Å². The summed E-state index contributed by atoms with van der Waals surface area (Å²) in [5.41, 5.74) is 12.1. The van der Waals surface area contributed by atoms with Gasteiger partial charge in [0, 0.05) is 17.1 Å². The van der Waals surface area contributed by atoms with Crippen LogP contribution in [0.3, 0.4) is 0 Å². The van der Waals surface area contributed by atoms with Gasteiger partial charge in [0.1, 0.15) is 0 Å². The molecule has 2 heterocycles. The standard InChI is InChI=1S/C27H36BN5O5S.ClH/c1-26(2)16-13-20(26)27(3)21(14-16)37-28(38-27)22(8-5-11-31-24(29)30)33-23(34)19-10-9-18(39-19)15-6-4-7-17(12-15)32-25(35)36;/h4,6-7,9-10,12,16,20-22,32H,5,8,11,13-14H2,1-3H3,(H,33,34)(H,35,36)(H4,29,30,31);1H. The number of thiophene rings is 1. The summed E-state index contributed by atoms with van der Waals surface area (Å²) in [6, 6.07) is 10.7. The van der Waals surface area contributed by atoms with E-state index in [-0.39, 0.29) is 47.3 Å². The summed E-state index contributed by atoms with van der Waals surface area (Å²) in [6.07, 6.45) is 2.25. The van der Waals surface area contributed by atoms with Crippen molar-refractivity contribution in [2.45, 2.75) is 64.1 Å². The topological polar surface area (TPSA) is 161 Å². The van der Waals surface area contributed by atoms with Crippen molar-refractivity contribution in [1.82, 2.24) is 5.32 Å². The number of aliphatic imine (C=N–C) groups is 1. The monoisotopic (exact) mass is 589 g/mol. The second kappa shape index (κ2) is 11.6. The fourth-order valence-corrected chi connectivity index (χ4v) is 7.50. The van der Waals surface area contributed by atoms with Gasteiger partial charge in [0.15, 0.2) is 5.96 Å². The van der Waals surface area contributed by atoms with Crippen LogP contribution >= 0.6 is 23.7 Å². The highest BCUT2D eigenvalue weighted by Crippen LogP contribution is 2.65. The van der Waals surface area contributed by atoms with E-state index in [4.69, 9.17) is 25.9 Å². The number of carbonyl (C=O) groups excluding carboxylic acids is 1. The van der Waals surface area contributed by atoms with Crippen LogP contribution in [-0.4, -0.2) is 54.4 Å². The molecule has 13 heteroatoms. The van der Waals surface area contributed by atoms with E-state index in [9.17, 15) is 9.59 Å². The number of benzene rings is 1. The molecule has 4 fully saturated rings. The van der Waals surface area contributed by atoms with Crippen molar-refractivity contribution in [2.24, 2.45) is 33.7 Å². The van der Waals surface area contributed by atoms with Crippen molar-refractivity contribution in [3.63, 3.8) is 0 Å². The van der Waals surface area contributed by atoms with E-state index in [1.807, 2.05) is 12.1 Å². The third-order valence-electron chi connectivity index (χ3n) is 8.81. The van der Waals surface area contributed by atoms with Gasteiger partial charge in [-0.15, -0.1) is 23.7 Å². The van der Waals surface area contributed by atoms with Gasteiger partial charge in [-0.05, 0) is 79.7 Å². The molecule has 3 saturated carbocycles. The number of carbonyl (C=O) groups is 2. The lowest BCUT2D eigenvalue weighted by Crippen LogP contribution is -2.65. The molecule has 2 amide bonds. The zero-order valence-electron chi connectivity index (χ0n) is 22.9. The second-order valence-electron chi connectivity index (χ2n) is 11.5. The molecule has 1 aromatic carbocycles. The van der Waals surface area contributed by atoms with Crippen molar-refractivity contribution in [3.05, 3.63) is 41.3 Å². The Balaban J connectivity index is 0.00000370. The van der Waals surface area contributed by atoms with Crippen molar-refractivity contribution in [1.29, 1.82) is 0 Å². The molecule has 5 atom stereocenters. The van der Waals surface area contributed by atoms with Gasteiger partial charge in [-0.25, -0.2) is 4.79 Å². The maximum Gasteiger partial charge on any atom is 0.481 e. The number of rotatable bonds is 9. The van der Waals surface area contributed by atoms with E-state index in [1.54, 1.807) is 24.3 Å². The van der Waals surface area contributed by atoms with Gasteiger partial charge < -0.3 is 31.2 Å². The largest absolute Gasteiger partial charge is 0.481 e. The van der Waals surface area contributed by atoms with Gasteiger partial charge in [-0.2, -0.15) is 0 Å². The molecule has 4 aliphatic rings. The number of nitrogens with zero attached hydrogens (tertiary/aromatic N) is 1. The Morgan fingerprint density at radius 2 is 2.00 bits per heavy atom. The van der Waals surface area contributed by atoms with Gasteiger partial charge in [-0.1, -0.05) is 26.0 Å². The third-order valence-corrected chi connectivity index (χ3v) is 9.94. The first kappa shape index (κ1) is 30.2. The van der Waals surface area contributed by atoms with Crippen LogP contribution in [0, 0.1) is 17.3 Å². The molecular formula is C27H37BClN5O5S. The zero-order valence-corrected chi connectivity index (χ0v) is 24.5. The van der Waals surface area contributed by atoms with Crippen LogP contribution in [0.15, 0.2) is 41.4 Å². The van der Waals surface area contributed by atoms with Gasteiger partial charge in [0.2, 0.25) is 0 Å². The Hall–Kier alpha value is -2.80. The average molecular weight is 590 g/mol. The van der Waals surface area contributed by atoms with Gasteiger partial charge >= 0.3 is 13.2 Å². The highest BCUT2D eigenvalue weighted by molar-refractivity contribution is 7.17. The lowest BCUT2D eigenvalue weighted by Gasteiger charge is -2.64. The van der Waals surface area contributed by atoms with E-state index < -0.39 is 13.2 Å². The zero-order chi connectivity index (χ0) is 27.9. The van der Waals surface area contributed by atoms with E-state index in [0.29, 0.717) is 41.8 Å². The average Bonchev–Trinajstić information content (AvgIpc) is 3.50. The molecule has 6 rings (SSSR count). The van der Waals surface area contributed by atoms with Gasteiger partial charge in [0.25, 0.3) is 5.91 Å². The lowest BCUT2D eigenvalue weighted by atomic mass is 9.43. The Bertz CT molecular complexity index is 1290. The Morgan fingerprint density at radius 3 is 2.70 bits per heavy atom. The van der Waals surface area contributed by atoms with E-state index in [2.05, 4.69) is 36.4 Å². The predicted octanol–water partition coefficient (Wildman–Crippen LogP) is 4.35. The molecule has 5 unspecified atom stereocenters. The minimum Gasteiger partial charge on any atom is -0.465 e. The summed E-state index contributed by atoms with van der Waals surface area (Å²) in [4.78, 5) is 29.9. The molecule has 2 aromatic rings. The maximum atomic E-state index is 13.4.